The zero-order valence-corrected chi connectivity index (χ0v) is 9.64. The second kappa shape index (κ2) is 5.09. The molecule has 14 heavy (non-hydrogen) atoms. The number of rotatable bonds is 5. The smallest absolute Gasteiger partial charge is 0.147 e. The summed E-state index contributed by atoms with van der Waals surface area (Å²) < 4.78 is 27.5. The lowest BCUT2D eigenvalue weighted by atomic mass is 10.1. The molecule has 1 saturated heterocycles. The van der Waals surface area contributed by atoms with E-state index in [1.807, 2.05) is 7.05 Å². The Morgan fingerprint density at radius 1 is 1.57 bits per heavy atom. The molecular weight excluding hydrogens is 202 g/mol. The number of sulfone groups is 1. The summed E-state index contributed by atoms with van der Waals surface area (Å²) in [5.74, 6) is 0.234. The number of ether oxygens (including phenoxy) is 1. The van der Waals surface area contributed by atoms with E-state index in [4.69, 9.17) is 4.74 Å². The van der Waals surface area contributed by atoms with E-state index in [0.717, 1.165) is 19.4 Å². The highest BCUT2D eigenvalue weighted by Gasteiger charge is 2.25. The Hall–Kier alpha value is -0.130. The predicted octanol–water partition coefficient (Wildman–Crippen LogP) is 0.188. The van der Waals surface area contributed by atoms with E-state index in [1.165, 1.54) is 6.26 Å². The fourth-order valence-corrected chi connectivity index (χ4v) is 2.46. The lowest BCUT2D eigenvalue weighted by Gasteiger charge is -2.21. The Bertz CT molecular complexity index is 257. The summed E-state index contributed by atoms with van der Waals surface area (Å²) >= 11 is 0. The molecule has 1 rings (SSSR count). The maximum absolute atomic E-state index is 11.0. The van der Waals surface area contributed by atoms with Crippen LogP contribution in [-0.4, -0.2) is 46.2 Å². The molecule has 5 heteroatoms. The van der Waals surface area contributed by atoms with Crippen LogP contribution in [0.1, 0.15) is 19.3 Å². The molecule has 0 spiro atoms. The number of likely N-dealkylation sites (N-methyl/N-ethyl adjacent to an activating group) is 1. The summed E-state index contributed by atoms with van der Waals surface area (Å²) in [6.45, 7) is 0.807. The Kier molecular flexibility index (Phi) is 4.34. The molecule has 4 nitrogen and oxygen atoms in total. The summed E-state index contributed by atoms with van der Waals surface area (Å²) in [6.07, 6.45) is 4.23. The lowest BCUT2D eigenvalue weighted by Crippen LogP contribution is -2.38. The van der Waals surface area contributed by atoms with Crippen molar-refractivity contribution in [2.24, 2.45) is 0 Å². The van der Waals surface area contributed by atoms with Crippen molar-refractivity contribution >= 4 is 9.84 Å². The van der Waals surface area contributed by atoms with Gasteiger partial charge < -0.3 is 10.1 Å². The molecule has 1 N–H and O–H groups in total. The highest BCUT2D eigenvalue weighted by Crippen LogP contribution is 2.17. The van der Waals surface area contributed by atoms with Crippen molar-refractivity contribution in [2.45, 2.75) is 31.4 Å². The van der Waals surface area contributed by atoms with Crippen molar-refractivity contribution in [1.29, 1.82) is 0 Å². The maximum Gasteiger partial charge on any atom is 0.147 e. The van der Waals surface area contributed by atoms with Crippen LogP contribution in [0.4, 0.5) is 0 Å². The highest BCUT2D eigenvalue weighted by molar-refractivity contribution is 7.90. The van der Waals surface area contributed by atoms with E-state index in [0.29, 0.717) is 6.42 Å². The minimum atomic E-state index is -2.85. The second-order valence-corrected chi connectivity index (χ2v) is 6.12. The van der Waals surface area contributed by atoms with Gasteiger partial charge >= 0.3 is 0 Å². The summed E-state index contributed by atoms with van der Waals surface area (Å²) in [5, 5.41) is 3.13. The first-order valence-electron chi connectivity index (χ1n) is 4.99. The molecule has 0 aliphatic carbocycles. The first-order chi connectivity index (χ1) is 6.53. The van der Waals surface area contributed by atoms with E-state index < -0.39 is 9.84 Å². The molecule has 2 unspecified atom stereocenters. The fourth-order valence-electron chi connectivity index (χ4n) is 1.78. The summed E-state index contributed by atoms with van der Waals surface area (Å²) in [5.41, 5.74) is 0. The summed E-state index contributed by atoms with van der Waals surface area (Å²) in [7, 11) is -0.999. The minimum absolute atomic E-state index is 0.173. The fraction of sp³-hybridized carbons (Fsp3) is 1.00. The summed E-state index contributed by atoms with van der Waals surface area (Å²) in [4.78, 5) is 0. The van der Waals surface area contributed by atoms with Crippen LogP contribution in [0.25, 0.3) is 0 Å². The van der Waals surface area contributed by atoms with Gasteiger partial charge in [-0.25, -0.2) is 8.42 Å². The van der Waals surface area contributed by atoms with Crippen LogP contribution in [0.15, 0.2) is 0 Å². The van der Waals surface area contributed by atoms with Crippen molar-refractivity contribution in [2.75, 3.05) is 25.7 Å². The molecule has 1 aliphatic rings. The van der Waals surface area contributed by atoms with Gasteiger partial charge in [0.1, 0.15) is 9.84 Å². The minimum Gasteiger partial charge on any atom is -0.377 e. The third-order valence-corrected chi connectivity index (χ3v) is 3.56. The monoisotopic (exact) mass is 221 g/mol. The largest absolute Gasteiger partial charge is 0.377 e. The van der Waals surface area contributed by atoms with E-state index in [1.54, 1.807) is 0 Å². The molecule has 1 heterocycles. The van der Waals surface area contributed by atoms with Crippen LogP contribution >= 0.6 is 0 Å². The second-order valence-electron chi connectivity index (χ2n) is 3.87. The molecule has 2 atom stereocenters. The van der Waals surface area contributed by atoms with Gasteiger partial charge in [0.15, 0.2) is 0 Å². The van der Waals surface area contributed by atoms with Gasteiger partial charge in [0, 0.05) is 18.9 Å². The lowest BCUT2D eigenvalue weighted by molar-refractivity contribution is 0.0799. The van der Waals surface area contributed by atoms with Crippen LogP contribution in [-0.2, 0) is 14.6 Å². The van der Waals surface area contributed by atoms with Gasteiger partial charge in [-0.15, -0.1) is 0 Å². The molecule has 0 saturated carbocycles. The van der Waals surface area contributed by atoms with Crippen LogP contribution in [0.2, 0.25) is 0 Å². The van der Waals surface area contributed by atoms with Gasteiger partial charge in [-0.05, 0) is 26.3 Å². The average Bonchev–Trinajstić information content (AvgIpc) is 2.56. The van der Waals surface area contributed by atoms with Gasteiger partial charge in [-0.1, -0.05) is 0 Å². The maximum atomic E-state index is 11.0. The van der Waals surface area contributed by atoms with E-state index in [2.05, 4.69) is 5.32 Å². The van der Waals surface area contributed by atoms with Gasteiger partial charge in [0.2, 0.25) is 0 Å². The molecule has 1 fully saturated rings. The molecule has 1 aliphatic heterocycles. The Morgan fingerprint density at radius 2 is 2.29 bits per heavy atom. The predicted molar refractivity (Wildman–Crippen MR) is 56.1 cm³/mol. The van der Waals surface area contributed by atoms with Gasteiger partial charge in [-0.3, -0.25) is 0 Å². The van der Waals surface area contributed by atoms with E-state index in [-0.39, 0.29) is 17.9 Å². The van der Waals surface area contributed by atoms with Gasteiger partial charge in [0.25, 0.3) is 0 Å². The van der Waals surface area contributed by atoms with E-state index >= 15 is 0 Å². The van der Waals surface area contributed by atoms with Crippen molar-refractivity contribution in [3.63, 3.8) is 0 Å². The molecule has 0 aromatic heterocycles. The molecule has 0 aromatic rings. The van der Waals surface area contributed by atoms with Crippen molar-refractivity contribution in [1.82, 2.24) is 5.32 Å². The van der Waals surface area contributed by atoms with Crippen LogP contribution in [0.3, 0.4) is 0 Å². The number of hydrogen-bond acceptors (Lipinski definition) is 4. The molecule has 0 bridgehead atoms. The molecule has 0 aromatic carbocycles. The average molecular weight is 221 g/mol. The quantitative estimate of drug-likeness (QED) is 0.720. The molecule has 0 amide bonds. The molecule has 0 radical (unpaired) electrons. The van der Waals surface area contributed by atoms with Crippen molar-refractivity contribution in [3.8, 4) is 0 Å². The highest BCUT2D eigenvalue weighted by atomic mass is 32.2. The van der Waals surface area contributed by atoms with Crippen molar-refractivity contribution in [3.05, 3.63) is 0 Å². The van der Waals surface area contributed by atoms with Crippen LogP contribution in [0.5, 0.6) is 0 Å². The van der Waals surface area contributed by atoms with Gasteiger partial charge in [-0.2, -0.15) is 0 Å². The third-order valence-electron chi connectivity index (χ3n) is 2.58. The topological polar surface area (TPSA) is 55.4 Å². The third kappa shape index (κ3) is 3.94. The first kappa shape index (κ1) is 11.9. The Morgan fingerprint density at radius 3 is 2.71 bits per heavy atom. The van der Waals surface area contributed by atoms with Crippen LogP contribution < -0.4 is 5.32 Å². The number of hydrogen-bond donors (Lipinski definition) is 1. The normalized spacial score (nSPS) is 25.1. The van der Waals surface area contributed by atoms with Crippen LogP contribution in [0, 0.1) is 0 Å². The molecular formula is C9H19NO3S. The first-order valence-corrected chi connectivity index (χ1v) is 7.05. The SMILES string of the molecule is CNC(CCS(C)(=O)=O)C1CCCO1. The summed E-state index contributed by atoms with van der Waals surface area (Å²) in [6, 6.07) is 0.173. The zero-order chi connectivity index (χ0) is 10.6. The Labute approximate surface area is 85.9 Å². The molecule has 84 valence electrons. The Balaban J connectivity index is 2.38. The van der Waals surface area contributed by atoms with Gasteiger partial charge in [0.05, 0.1) is 11.9 Å². The van der Waals surface area contributed by atoms with E-state index in [9.17, 15) is 8.42 Å². The van der Waals surface area contributed by atoms with Crippen molar-refractivity contribution < 1.29 is 13.2 Å². The standard InChI is InChI=1S/C9H19NO3S/c1-10-8(5-7-14(2,11)12)9-4-3-6-13-9/h8-10H,3-7H2,1-2H3. The number of nitrogens with one attached hydrogen (secondary N) is 1. The zero-order valence-electron chi connectivity index (χ0n) is 8.82.